The van der Waals surface area contributed by atoms with Gasteiger partial charge >= 0.3 is 5.97 Å². The van der Waals surface area contributed by atoms with Gasteiger partial charge in [-0.25, -0.2) is 0 Å². The molecule has 0 aliphatic rings. The second kappa shape index (κ2) is 4.56. The van der Waals surface area contributed by atoms with Crippen molar-refractivity contribution in [3.05, 3.63) is 43.5 Å². The number of nitrogens with zero attached hydrogens (tertiary/aromatic N) is 2. The maximum absolute atomic E-state index is 10.7. The molecule has 0 amide bonds. The first-order chi connectivity index (χ1) is 7.82. The van der Waals surface area contributed by atoms with Crippen LogP contribution in [0, 0.1) is 27.2 Å². The smallest absolute Gasteiger partial charge is 0.307 e. The third-order valence-corrected chi connectivity index (χ3v) is 2.22. The zero-order chi connectivity index (χ0) is 13.2. The minimum absolute atomic E-state index is 0.0680. The number of nitro benzene ring substituents is 2. The maximum Gasteiger partial charge on any atom is 0.307 e. The quantitative estimate of drug-likeness (QED) is 0.627. The van der Waals surface area contributed by atoms with Crippen LogP contribution in [-0.4, -0.2) is 20.9 Å². The van der Waals surface area contributed by atoms with E-state index in [-0.39, 0.29) is 11.1 Å². The van der Waals surface area contributed by atoms with Gasteiger partial charge in [-0.15, -0.1) is 0 Å². The van der Waals surface area contributed by atoms with Crippen molar-refractivity contribution in [1.82, 2.24) is 0 Å². The lowest BCUT2D eigenvalue weighted by molar-refractivity contribution is -0.394. The van der Waals surface area contributed by atoms with Gasteiger partial charge in [-0.3, -0.25) is 25.0 Å². The van der Waals surface area contributed by atoms with Gasteiger partial charge in [-0.05, 0) is 12.5 Å². The number of rotatable bonds is 4. The summed E-state index contributed by atoms with van der Waals surface area (Å²) in [7, 11) is 0. The minimum Gasteiger partial charge on any atom is -0.481 e. The number of nitro groups is 2. The normalized spacial score (nSPS) is 9.94. The molecule has 0 heterocycles. The van der Waals surface area contributed by atoms with E-state index in [1.807, 2.05) is 0 Å². The maximum atomic E-state index is 10.7. The van der Waals surface area contributed by atoms with Crippen molar-refractivity contribution in [2.24, 2.45) is 0 Å². The Morgan fingerprint density at radius 1 is 1.29 bits per heavy atom. The second-order valence-electron chi connectivity index (χ2n) is 3.33. The molecule has 0 spiro atoms. The molecule has 0 aromatic heterocycles. The molecule has 0 aliphatic carbocycles. The number of aliphatic carboxylic acids is 1. The number of benzene rings is 1. The SMILES string of the molecule is Cc1c(CC(=O)O)cc([N+](=O)[O-])cc1[N+](=O)[O-]. The molecule has 0 saturated heterocycles. The van der Waals surface area contributed by atoms with Gasteiger partial charge in [-0.2, -0.15) is 0 Å². The molecule has 0 bridgehead atoms. The Morgan fingerprint density at radius 2 is 1.88 bits per heavy atom. The summed E-state index contributed by atoms with van der Waals surface area (Å²) in [5.74, 6) is -1.21. The van der Waals surface area contributed by atoms with Crippen LogP contribution >= 0.6 is 0 Å². The second-order valence-corrected chi connectivity index (χ2v) is 3.33. The van der Waals surface area contributed by atoms with E-state index in [2.05, 4.69) is 0 Å². The van der Waals surface area contributed by atoms with E-state index in [1.165, 1.54) is 6.92 Å². The fourth-order valence-electron chi connectivity index (χ4n) is 1.38. The Hall–Kier alpha value is -2.51. The average molecular weight is 240 g/mol. The van der Waals surface area contributed by atoms with Crippen LogP contribution in [-0.2, 0) is 11.2 Å². The van der Waals surface area contributed by atoms with Crippen LogP contribution in [0.1, 0.15) is 11.1 Å². The van der Waals surface area contributed by atoms with E-state index in [1.54, 1.807) is 0 Å². The number of hydrogen-bond acceptors (Lipinski definition) is 5. The van der Waals surface area contributed by atoms with Crippen molar-refractivity contribution >= 4 is 17.3 Å². The number of non-ortho nitro benzene ring substituents is 1. The summed E-state index contributed by atoms with van der Waals surface area (Å²) < 4.78 is 0. The third-order valence-electron chi connectivity index (χ3n) is 2.22. The molecule has 90 valence electrons. The van der Waals surface area contributed by atoms with Crippen LogP contribution < -0.4 is 0 Å². The van der Waals surface area contributed by atoms with E-state index in [0.29, 0.717) is 0 Å². The van der Waals surface area contributed by atoms with Gasteiger partial charge in [0.2, 0.25) is 0 Å². The monoisotopic (exact) mass is 240 g/mol. The summed E-state index contributed by atoms with van der Waals surface area (Å²) in [5.41, 5.74) is -0.740. The fourth-order valence-corrected chi connectivity index (χ4v) is 1.38. The van der Waals surface area contributed by atoms with Crippen LogP contribution in [0.25, 0.3) is 0 Å². The van der Waals surface area contributed by atoms with Crippen molar-refractivity contribution in [2.45, 2.75) is 13.3 Å². The molecule has 0 fully saturated rings. The molecule has 1 rings (SSSR count). The lowest BCUT2D eigenvalue weighted by Crippen LogP contribution is -2.05. The zero-order valence-electron chi connectivity index (χ0n) is 8.74. The van der Waals surface area contributed by atoms with Crippen LogP contribution in [0.15, 0.2) is 12.1 Å². The van der Waals surface area contributed by atoms with E-state index >= 15 is 0 Å². The molecule has 1 aromatic carbocycles. The summed E-state index contributed by atoms with van der Waals surface area (Å²) in [6, 6.07) is 1.86. The molecule has 0 unspecified atom stereocenters. The summed E-state index contributed by atoms with van der Waals surface area (Å²) in [5, 5.41) is 29.8. The Bertz CT molecular complexity index is 510. The van der Waals surface area contributed by atoms with Gasteiger partial charge in [0.15, 0.2) is 0 Å². The molecule has 0 saturated carbocycles. The average Bonchev–Trinajstić information content (AvgIpc) is 2.19. The first kappa shape index (κ1) is 12.6. The van der Waals surface area contributed by atoms with Gasteiger partial charge in [-0.1, -0.05) is 0 Å². The van der Waals surface area contributed by atoms with Crippen molar-refractivity contribution in [1.29, 1.82) is 0 Å². The molecule has 1 N–H and O–H groups in total. The predicted molar refractivity (Wildman–Crippen MR) is 55.8 cm³/mol. The fraction of sp³-hybridized carbons (Fsp3) is 0.222. The Kier molecular flexibility index (Phi) is 3.37. The van der Waals surface area contributed by atoms with Crippen molar-refractivity contribution in [2.75, 3.05) is 0 Å². The molecule has 8 heteroatoms. The highest BCUT2D eigenvalue weighted by Crippen LogP contribution is 2.28. The predicted octanol–water partition coefficient (Wildman–Crippen LogP) is 1.44. The van der Waals surface area contributed by atoms with Crippen molar-refractivity contribution < 1.29 is 19.7 Å². The van der Waals surface area contributed by atoms with Gasteiger partial charge in [0.1, 0.15) is 0 Å². The van der Waals surface area contributed by atoms with Crippen LogP contribution in [0.5, 0.6) is 0 Å². The Morgan fingerprint density at radius 3 is 2.29 bits per heavy atom. The molecule has 0 radical (unpaired) electrons. The largest absolute Gasteiger partial charge is 0.481 e. The molecular formula is C9H8N2O6. The number of carbonyl (C=O) groups is 1. The Balaban J connectivity index is 3.42. The van der Waals surface area contributed by atoms with Crippen molar-refractivity contribution in [3.8, 4) is 0 Å². The first-order valence-electron chi connectivity index (χ1n) is 4.47. The summed E-state index contributed by atoms with van der Waals surface area (Å²) >= 11 is 0. The van der Waals surface area contributed by atoms with Crippen LogP contribution in [0.4, 0.5) is 11.4 Å². The van der Waals surface area contributed by atoms with Crippen molar-refractivity contribution in [3.63, 3.8) is 0 Å². The summed E-state index contributed by atoms with van der Waals surface area (Å²) in [6.07, 6.45) is -0.492. The van der Waals surface area contributed by atoms with Gasteiger partial charge in [0.25, 0.3) is 11.4 Å². The van der Waals surface area contributed by atoms with E-state index in [9.17, 15) is 25.0 Å². The highest BCUT2D eigenvalue weighted by atomic mass is 16.6. The number of carboxylic acids is 1. The zero-order valence-corrected chi connectivity index (χ0v) is 8.74. The first-order valence-corrected chi connectivity index (χ1v) is 4.47. The van der Waals surface area contributed by atoms with Gasteiger partial charge < -0.3 is 5.11 Å². The van der Waals surface area contributed by atoms with E-state index < -0.39 is 33.6 Å². The molecular weight excluding hydrogens is 232 g/mol. The number of carboxylic acid groups (broad SMARTS) is 1. The lowest BCUT2D eigenvalue weighted by atomic mass is 10.0. The topological polar surface area (TPSA) is 124 Å². The molecule has 0 atom stereocenters. The number of hydrogen-bond donors (Lipinski definition) is 1. The summed E-state index contributed by atoms with van der Waals surface area (Å²) in [6.45, 7) is 1.36. The highest BCUT2D eigenvalue weighted by Gasteiger charge is 2.22. The third kappa shape index (κ3) is 2.74. The molecule has 8 nitrogen and oxygen atoms in total. The van der Waals surface area contributed by atoms with E-state index in [4.69, 9.17) is 5.11 Å². The van der Waals surface area contributed by atoms with E-state index in [0.717, 1.165) is 12.1 Å². The lowest BCUT2D eigenvalue weighted by Gasteiger charge is -2.04. The van der Waals surface area contributed by atoms with Crippen LogP contribution in [0.2, 0.25) is 0 Å². The molecule has 0 aliphatic heterocycles. The Labute approximate surface area is 94.8 Å². The standard InChI is InChI=1S/C9H8N2O6/c1-5-6(3-9(12)13)2-7(10(14)15)4-8(5)11(16)17/h2,4H,3H2,1H3,(H,12,13). The van der Waals surface area contributed by atoms with Crippen LogP contribution in [0.3, 0.4) is 0 Å². The van der Waals surface area contributed by atoms with Gasteiger partial charge in [0.05, 0.1) is 22.3 Å². The van der Waals surface area contributed by atoms with Gasteiger partial charge in [0, 0.05) is 11.6 Å². The minimum atomic E-state index is -1.21. The highest BCUT2D eigenvalue weighted by molar-refractivity contribution is 5.72. The molecule has 1 aromatic rings. The summed E-state index contributed by atoms with van der Waals surface area (Å²) in [4.78, 5) is 30.2. The molecule has 17 heavy (non-hydrogen) atoms.